The fourth-order valence-electron chi connectivity index (χ4n) is 2.12. The van der Waals surface area contributed by atoms with Gasteiger partial charge in [0.2, 0.25) is 0 Å². The number of nitrogens with zero attached hydrogens (tertiary/aromatic N) is 1. The number of carbonyl (C=O) groups excluding carboxylic acids is 1. The van der Waals surface area contributed by atoms with Gasteiger partial charge in [-0.2, -0.15) is 0 Å². The lowest BCUT2D eigenvalue weighted by atomic mass is 10.1. The second-order valence-electron chi connectivity index (χ2n) is 5.28. The van der Waals surface area contributed by atoms with Crippen molar-refractivity contribution in [3.8, 4) is 0 Å². The summed E-state index contributed by atoms with van der Waals surface area (Å²) in [7, 11) is 0. The Morgan fingerprint density at radius 2 is 2.25 bits per heavy atom. The predicted octanol–water partition coefficient (Wildman–Crippen LogP) is 4.10. The number of carbonyl (C=O) groups is 1. The first-order valence-corrected chi connectivity index (χ1v) is 8.19. The Balaban J connectivity index is 1.54. The van der Waals surface area contributed by atoms with E-state index in [2.05, 4.69) is 15.6 Å². The van der Waals surface area contributed by atoms with Gasteiger partial charge in [-0.3, -0.25) is 5.32 Å². The molecule has 0 saturated heterocycles. The number of urea groups is 1. The van der Waals surface area contributed by atoms with Crippen molar-refractivity contribution in [2.24, 2.45) is 0 Å². The van der Waals surface area contributed by atoms with E-state index >= 15 is 0 Å². The summed E-state index contributed by atoms with van der Waals surface area (Å²) in [6.45, 7) is 2.04. The number of amides is 2. The molecule has 2 N–H and O–H groups in total. The van der Waals surface area contributed by atoms with E-state index < -0.39 is 0 Å². The van der Waals surface area contributed by atoms with Gasteiger partial charge in [-0.15, -0.1) is 11.3 Å². The van der Waals surface area contributed by atoms with E-state index in [-0.39, 0.29) is 11.8 Å². The predicted molar refractivity (Wildman–Crippen MR) is 90.6 cm³/mol. The molecular formula is C17H16FN3O2S. The standard InChI is InChI=1S/C17H16FN3O2S/c1-11-4-5-12(8-15(11)18)7-14-10-20-17(24-14)21-16(22)19-9-13-3-2-6-23-13/h2-6,8,10H,7,9H2,1H3,(H2,19,20,21,22). The average molecular weight is 345 g/mol. The van der Waals surface area contributed by atoms with Gasteiger partial charge < -0.3 is 9.73 Å². The zero-order valence-corrected chi connectivity index (χ0v) is 13.8. The maximum atomic E-state index is 13.6. The topological polar surface area (TPSA) is 67.2 Å². The molecule has 24 heavy (non-hydrogen) atoms. The third-order valence-corrected chi connectivity index (χ3v) is 4.30. The van der Waals surface area contributed by atoms with Gasteiger partial charge in [0.15, 0.2) is 5.13 Å². The van der Waals surface area contributed by atoms with E-state index in [0.29, 0.717) is 29.4 Å². The molecule has 0 bridgehead atoms. The molecule has 1 aromatic carbocycles. The van der Waals surface area contributed by atoms with Crippen molar-refractivity contribution in [1.82, 2.24) is 10.3 Å². The van der Waals surface area contributed by atoms with E-state index in [1.165, 1.54) is 17.4 Å². The minimum Gasteiger partial charge on any atom is -0.467 e. The zero-order chi connectivity index (χ0) is 16.9. The summed E-state index contributed by atoms with van der Waals surface area (Å²) < 4.78 is 18.7. The summed E-state index contributed by atoms with van der Waals surface area (Å²) in [5, 5.41) is 5.85. The van der Waals surface area contributed by atoms with E-state index in [1.807, 2.05) is 6.07 Å². The number of benzene rings is 1. The van der Waals surface area contributed by atoms with Crippen LogP contribution in [0.4, 0.5) is 14.3 Å². The van der Waals surface area contributed by atoms with Crippen molar-refractivity contribution in [2.45, 2.75) is 19.9 Å². The smallest absolute Gasteiger partial charge is 0.321 e. The van der Waals surface area contributed by atoms with Crippen molar-refractivity contribution in [3.05, 3.63) is 70.4 Å². The van der Waals surface area contributed by atoms with E-state index in [4.69, 9.17) is 4.42 Å². The molecule has 0 aliphatic heterocycles. The summed E-state index contributed by atoms with van der Waals surface area (Å²) in [6.07, 6.45) is 3.81. The highest BCUT2D eigenvalue weighted by molar-refractivity contribution is 7.15. The molecule has 2 aromatic heterocycles. The third-order valence-electron chi connectivity index (χ3n) is 3.39. The fraction of sp³-hybridized carbons (Fsp3) is 0.176. The van der Waals surface area contributed by atoms with E-state index in [1.54, 1.807) is 37.6 Å². The highest BCUT2D eigenvalue weighted by Crippen LogP contribution is 2.22. The summed E-state index contributed by atoms with van der Waals surface area (Å²) in [5.74, 6) is 0.457. The van der Waals surface area contributed by atoms with Gasteiger partial charge in [-0.25, -0.2) is 14.2 Å². The maximum absolute atomic E-state index is 13.6. The van der Waals surface area contributed by atoms with Gasteiger partial charge in [0.1, 0.15) is 11.6 Å². The molecule has 0 radical (unpaired) electrons. The Labute approximate surface area is 142 Å². The van der Waals surface area contributed by atoms with Crippen LogP contribution in [-0.4, -0.2) is 11.0 Å². The second-order valence-corrected chi connectivity index (χ2v) is 6.39. The second kappa shape index (κ2) is 7.27. The largest absolute Gasteiger partial charge is 0.467 e. The molecule has 0 fully saturated rings. The van der Waals surface area contributed by atoms with Crippen LogP contribution < -0.4 is 10.6 Å². The van der Waals surface area contributed by atoms with Crippen LogP contribution in [0.1, 0.15) is 21.8 Å². The number of furan rings is 1. The Kier molecular flexibility index (Phi) is 4.90. The van der Waals surface area contributed by atoms with Gasteiger partial charge in [0.25, 0.3) is 0 Å². The van der Waals surface area contributed by atoms with Crippen LogP contribution in [0.3, 0.4) is 0 Å². The molecule has 2 heterocycles. The summed E-state index contributed by atoms with van der Waals surface area (Å²) in [4.78, 5) is 16.9. The highest BCUT2D eigenvalue weighted by Gasteiger charge is 2.08. The molecule has 0 atom stereocenters. The molecule has 0 saturated carbocycles. The summed E-state index contributed by atoms with van der Waals surface area (Å²) in [5.41, 5.74) is 1.49. The number of thiazole rings is 1. The number of aromatic nitrogens is 1. The molecule has 0 spiro atoms. The van der Waals surface area contributed by atoms with Gasteiger partial charge in [-0.1, -0.05) is 12.1 Å². The number of anilines is 1. The molecule has 7 heteroatoms. The van der Waals surface area contributed by atoms with Crippen molar-refractivity contribution in [3.63, 3.8) is 0 Å². The molecule has 5 nitrogen and oxygen atoms in total. The van der Waals surface area contributed by atoms with Crippen molar-refractivity contribution in [2.75, 3.05) is 5.32 Å². The number of nitrogens with one attached hydrogen (secondary N) is 2. The minimum atomic E-state index is -0.353. The van der Waals surface area contributed by atoms with E-state index in [0.717, 1.165) is 10.4 Å². The molecule has 0 aliphatic carbocycles. The van der Waals surface area contributed by atoms with Gasteiger partial charge in [0.05, 0.1) is 12.8 Å². The van der Waals surface area contributed by atoms with Crippen LogP contribution in [-0.2, 0) is 13.0 Å². The van der Waals surface area contributed by atoms with Crippen molar-refractivity contribution < 1.29 is 13.6 Å². The molecular weight excluding hydrogens is 329 g/mol. The lowest BCUT2D eigenvalue weighted by Gasteiger charge is -2.03. The van der Waals surface area contributed by atoms with Crippen molar-refractivity contribution >= 4 is 22.5 Å². The average Bonchev–Trinajstić information content (AvgIpc) is 3.21. The number of aryl methyl sites for hydroxylation is 1. The van der Waals surface area contributed by atoms with Crippen LogP contribution in [0.5, 0.6) is 0 Å². The zero-order valence-electron chi connectivity index (χ0n) is 13.0. The summed E-state index contributed by atoms with van der Waals surface area (Å²) >= 11 is 1.36. The Bertz CT molecular complexity index is 830. The number of hydrogen-bond donors (Lipinski definition) is 2. The first kappa shape index (κ1) is 16.2. The monoisotopic (exact) mass is 345 g/mol. The normalized spacial score (nSPS) is 10.6. The Morgan fingerprint density at radius 1 is 1.38 bits per heavy atom. The Morgan fingerprint density at radius 3 is 3.00 bits per heavy atom. The Hall–Kier alpha value is -2.67. The highest BCUT2D eigenvalue weighted by atomic mass is 32.1. The quantitative estimate of drug-likeness (QED) is 0.732. The number of hydrogen-bond acceptors (Lipinski definition) is 4. The molecule has 3 rings (SSSR count). The van der Waals surface area contributed by atoms with Gasteiger partial charge >= 0.3 is 6.03 Å². The lowest BCUT2D eigenvalue weighted by molar-refractivity contribution is 0.251. The lowest BCUT2D eigenvalue weighted by Crippen LogP contribution is -2.27. The first-order valence-electron chi connectivity index (χ1n) is 7.37. The first-order chi connectivity index (χ1) is 11.6. The van der Waals surface area contributed by atoms with Crippen LogP contribution >= 0.6 is 11.3 Å². The van der Waals surface area contributed by atoms with Crippen LogP contribution in [0.15, 0.2) is 47.2 Å². The fourth-order valence-corrected chi connectivity index (χ4v) is 2.96. The molecule has 0 aliphatic rings. The van der Waals surface area contributed by atoms with Crippen LogP contribution in [0.25, 0.3) is 0 Å². The molecule has 124 valence electrons. The van der Waals surface area contributed by atoms with E-state index in [9.17, 15) is 9.18 Å². The number of rotatable bonds is 5. The van der Waals surface area contributed by atoms with Crippen LogP contribution in [0, 0.1) is 12.7 Å². The molecule has 3 aromatic rings. The minimum absolute atomic E-state index is 0.215. The molecule has 2 amide bonds. The maximum Gasteiger partial charge on any atom is 0.321 e. The van der Waals surface area contributed by atoms with Gasteiger partial charge in [0, 0.05) is 17.5 Å². The SMILES string of the molecule is Cc1ccc(Cc2cnc(NC(=O)NCc3ccco3)s2)cc1F. The van der Waals surface area contributed by atoms with Crippen molar-refractivity contribution in [1.29, 1.82) is 0 Å². The number of halogens is 1. The summed E-state index contributed by atoms with van der Waals surface area (Å²) in [6, 6.07) is 8.36. The third kappa shape index (κ3) is 4.20. The van der Waals surface area contributed by atoms with Crippen LogP contribution in [0.2, 0.25) is 0 Å². The van der Waals surface area contributed by atoms with Gasteiger partial charge in [-0.05, 0) is 36.2 Å². The molecule has 0 unspecified atom stereocenters.